The molecule has 2 aliphatic rings. The van der Waals surface area contributed by atoms with Crippen molar-refractivity contribution in [3.63, 3.8) is 0 Å². The van der Waals surface area contributed by atoms with Crippen molar-refractivity contribution in [2.24, 2.45) is 5.92 Å². The number of amides is 2. The van der Waals surface area contributed by atoms with Crippen molar-refractivity contribution in [3.05, 3.63) is 71.8 Å². The molecule has 2 saturated heterocycles. The van der Waals surface area contributed by atoms with Crippen molar-refractivity contribution in [2.75, 3.05) is 26.2 Å². The van der Waals surface area contributed by atoms with Gasteiger partial charge in [0.1, 0.15) is 11.6 Å². The Morgan fingerprint density at radius 2 is 1.81 bits per heavy atom. The molecule has 3 aromatic rings. The predicted octanol–water partition coefficient (Wildman–Crippen LogP) is 3.85. The SMILES string of the molecule is CC(C)[C@H](C(=O)N[C@@H]1CN(C(=O)c2cccn3cncc23)CC[C@H]1c1cc(F)cc(F)c1)N1CCCC1. The highest BCUT2D eigenvalue weighted by Crippen LogP contribution is 2.31. The van der Waals surface area contributed by atoms with Crippen LogP contribution in [0.5, 0.6) is 0 Å². The molecular weight excluding hydrogens is 476 g/mol. The van der Waals surface area contributed by atoms with Gasteiger partial charge >= 0.3 is 0 Å². The molecule has 0 spiro atoms. The molecule has 1 aromatic carbocycles. The van der Waals surface area contributed by atoms with E-state index >= 15 is 0 Å². The average molecular weight is 510 g/mol. The third-order valence-electron chi connectivity index (χ3n) is 7.66. The molecule has 9 heteroatoms. The quantitative estimate of drug-likeness (QED) is 0.548. The van der Waals surface area contributed by atoms with Crippen molar-refractivity contribution < 1.29 is 18.4 Å². The molecule has 0 aliphatic carbocycles. The van der Waals surface area contributed by atoms with E-state index in [0.717, 1.165) is 32.0 Å². The summed E-state index contributed by atoms with van der Waals surface area (Å²) in [6.07, 6.45) is 7.72. The van der Waals surface area contributed by atoms with Gasteiger partial charge in [0.25, 0.3) is 5.91 Å². The highest BCUT2D eigenvalue weighted by molar-refractivity contribution is 6.00. The first-order valence-electron chi connectivity index (χ1n) is 13.0. The monoisotopic (exact) mass is 509 g/mol. The predicted molar refractivity (Wildman–Crippen MR) is 136 cm³/mol. The molecule has 1 N–H and O–H groups in total. The summed E-state index contributed by atoms with van der Waals surface area (Å²) in [6.45, 7) is 6.46. The number of carbonyl (C=O) groups excluding carboxylic acids is 2. The van der Waals surface area contributed by atoms with Crippen LogP contribution in [0.2, 0.25) is 0 Å². The molecule has 2 fully saturated rings. The maximum Gasteiger partial charge on any atom is 0.256 e. The van der Waals surface area contributed by atoms with Gasteiger partial charge in [-0.2, -0.15) is 0 Å². The number of halogens is 2. The number of imidazole rings is 1. The molecule has 2 aliphatic heterocycles. The number of likely N-dealkylation sites (tertiary alicyclic amines) is 2. The van der Waals surface area contributed by atoms with E-state index in [4.69, 9.17) is 0 Å². The minimum Gasteiger partial charge on any atom is -0.350 e. The summed E-state index contributed by atoms with van der Waals surface area (Å²) in [7, 11) is 0. The first kappa shape index (κ1) is 25.3. The number of fused-ring (bicyclic) bond motifs is 1. The number of hydrogen-bond acceptors (Lipinski definition) is 4. The largest absolute Gasteiger partial charge is 0.350 e. The lowest BCUT2D eigenvalue weighted by Crippen LogP contribution is -2.57. The number of piperidine rings is 1. The second kappa shape index (κ2) is 10.6. The molecular formula is C28H33F2N5O2. The van der Waals surface area contributed by atoms with Crippen molar-refractivity contribution in [2.45, 2.75) is 51.1 Å². The maximum absolute atomic E-state index is 14.1. The summed E-state index contributed by atoms with van der Waals surface area (Å²) in [5, 5.41) is 3.20. The van der Waals surface area contributed by atoms with Gasteiger partial charge in [-0.15, -0.1) is 0 Å². The minimum absolute atomic E-state index is 0.101. The van der Waals surface area contributed by atoms with Crippen LogP contribution in [-0.2, 0) is 4.79 Å². The third-order valence-corrected chi connectivity index (χ3v) is 7.66. The van der Waals surface area contributed by atoms with E-state index in [0.29, 0.717) is 29.6 Å². The fourth-order valence-electron chi connectivity index (χ4n) is 5.95. The Kier molecular flexibility index (Phi) is 7.24. The number of nitrogens with one attached hydrogen (secondary N) is 1. The Morgan fingerprint density at radius 3 is 2.51 bits per heavy atom. The molecule has 37 heavy (non-hydrogen) atoms. The summed E-state index contributed by atoms with van der Waals surface area (Å²) in [5.41, 5.74) is 1.73. The number of carbonyl (C=O) groups is 2. The van der Waals surface area contributed by atoms with Gasteiger partial charge in [0.2, 0.25) is 5.91 Å². The summed E-state index contributed by atoms with van der Waals surface area (Å²) >= 11 is 0. The standard InChI is InChI=1S/C28H33F2N5O2/c1-18(2)26(33-8-3-4-9-33)27(36)32-24-16-34(11-7-22(24)19-12-20(29)14-21(30)13-19)28(37)23-6-5-10-35-17-31-15-25(23)35/h5-6,10,12-15,17-18,22,24,26H,3-4,7-9,11,16H2,1-2H3,(H,32,36)/t22-,24+,26+/m0/s1. The van der Waals surface area contributed by atoms with E-state index in [1.165, 1.54) is 12.1 Å². The van der Waals surface area contributed by atoms with E-state index in [2.05, 4.69) is 15.2 Å². The summed E-state index contributed by atoms with van der Waals surface area (Å²) in [5.74, 6) is -1.78. The highest BCUT2D eigenvalue weighted by atomic mass is 19.1. The van der Waals surface area contributed by atoms with E-state index in [9.17, 15) is 18.4 Å². The van der Waals surface area contributed by atoms with Crippen LogP contribution >= 0.6 is 0 Å². The van der Waals surface area contributed by atoms with Crippen molar-refractivity contribution in [3.8, 4) is 0 Å². The fourth-order valence-corrected chi connectivity index (χ4v) is 5.95. The first-order valence-corrected chi connectivity index (χ1v) is 13.0. The molecule has 0 saturated carbocycles. The summed E-state index contributed by atoms with van der Waals surface area (Å²) < 4.78 is 30.1. The minimum atomic E-state index is -0.650. The van der Waals surface area contributed by atoms with E-state index in [1.807, 2.05) is 20.0 Å². The Morgan fingerprint density at radius 1 is 1.08 bits per heavy atom. The molecule has 3 atom stereocenters. The van der Waals surface area contributed by atoms with Crippen LogP contribution in [0.25, 0.3) is 5.52 Å². The molecule has 4 heterocycles. The number of hydrogen-bond donors (Lipinski definition) is 1. The fraction of sp³-hybridized carbons (Fsp3) is 0.464. The zero-order chi connectivity index (χ0) is 26.1. The molecule has 196 valence electrons. The Bertz CT molecular complexity index is 1270. The number of aromatic nitrogens is 2. The number of pyridine rings is 1. The van der Waals surface area contributed by atoms with Gasteiger partial charge in [0.05, 0.1) is 35.7 Å². The van der Waals surface area contributed by atoms with Gasteiger partial charge in [-0.25, -0.2) is 13.8 Å². The van der Waals surface area contributed by atoms with Gasteiger partial charge in [0.15, 0.2) is 0 Å². The first-order chi connectivity index (χ1) is 17.8. The van der Waals surface area contributed by atoms with Gasteiger partial charge < -0.3 is 14.6 Å². The molecule has 5 rings (SSSR count). The smallest absolute Gasteiger partial charge is 0.256 e. The van der Waals surface area contributed by atoms with E-state index < -0.39 is 17.7 Å². The van der Waals surface area contributed by atoms with Crippen LogP contribution in [0.4, 0.5) is 8.78 Å². The normalized spacial score (nSPS) is 21.5. The van der Waals surface area contributed by atoms with Crippen LogP contribution < -0.4 is 5.32 Å². The lowest BCUT2D eigenvalue weighted by atomic mass is 9.84. The topological polar surface area (TPSA) is 70.0 Å². The van der Waals surface area contributed by atoms with Gasteiger partial charge in [-0.1, -0.05) is 13.8 Å². The summed E-state index contributed by atoms with van der Waals surface area (Å²) in [4.78, 5) is 35.3. The zero-order valence-electron chi connectivity index (χ0n) is 21.2. The van der Waals surface area contributed by atoms with Gasteiger partial charge in [-0.05, 0) is 68.1 Å². The Balaban J connectivity index is 1.43. The third kappa shape index (κ3) is 5.23. The van der Waals surface area contributed by atoms with Crippen LogP contribution in [0.1, 0.15) is 54.9 Å². The number of benzene rings is 1. The lowest BCUT2D eigenvalue weighted by Gasteiger charge is -2.41. The number of nitrogens with zero attached hydrogens (tertiary/aromatic N) is 4. The Labute approximate surface area is 215 Å². The van der Waals surface area contributed by atoms with Crippen molar-refractivity contribution in [1.82, 2.24) is 24.5 Å². The van der Waals surface area contributed by atoms with Crippen LogP contribution in [-0.4, -0.2) is 69.3 Å². The molecule has 2 aromatic heterocycles. The van der Waals surface area contributed by atoms with E-state index in [-0.39, 0.29) is 36.2 Å². The van der Waals surface area contributed by atoms with E-state index in [1.54, 1.807) is 34.0 Å². The van der Waals surface area contributed by atoms with Crippen LogP contribution in [0.15, 0.2) is 49.1 Å². The molecule has 2 amide bonds. The second-order valence-corrected chi connectivity index (χ2v) is 10.5. The zero-order valence-corrected chi connectivity index (χ0v) is 21.2. The lowest BCUT2D eigenvalue weighted by molar-refractivity contribution is -0.128. The molecule has 7 nitrogen and oxygen atoms in total. The van der Waals surface area contributed by atoms with Gasteiger partial charge in [0, 0.05) is 31.3 Å². The van der Waals surface area contributed by atoms with Crippen molar-refractivity contribution >= 4 is 17.3 Å². The van der Waals surface area contributed by atoms with Crippen molar-refractivity contribution in [1.29, 1.82) is 0 Å². The highest BCUT2D eigenvalue weighted by Gasteiger charge is 2.38. The molecule has 0 unspecified atom stereocenters. The average Bonchev–Trinajstić information content (AvgIpc) is 3.55. The Hall–Kier alpha value is -3.33. The molecule has 0 radical (unpaired) electrons. The number of rotatable bonds is 6. The van der Waals surface area contributed by atoms with Crippen LogP contribution in [0, 0.1) is 17.6 Å². The summed E-state index contributed by atoms with van der Waals surface area (Å²) in [6, 6.07) is 6.30. The second-order valence-electron chi connectivity index (χ2n) is 10.5. The maximum atomic E-state index is 14.1. The van der Waals surface area contributed by atoms with Crippen LogP contribution in [0.3, 0.4) is 0 Å². The van der Waals surface area contributed by atoms with Gasteiger partial charge in [-0.3, -0.25) is 14.5 Å². The molecule has 0 bridgehead atoms.